The number of hydrogen-bond donors (Lipinski definition) is 1. The highest BCUT2D eigenvalue weighted by Gasteiger charge is 2.15. The number of ether oxygens (including phenoxy) is 1. The monoisotopic (exact) mass is 296 g/mol. The number of halogens is 2. The summed E-state index contributed by atoms with van der Waals surface area (Å²) in [7, 11) is 0. The van der Waals surface area contributed by atoms with Crippen LogP contribution >= 0.6 is 12.2 Å². The molecule has 1 aromatic carbocycles. The van der Waals surface area contributed by atoms with Crippen molar-refractivity contribution >= 4 is 12.2 Å². The summed E-state index contributed by atoms with van der Waals surface area (Å²) < 4.78 is 33.5. The van der Waals surface area contributed by atoms with Crippen LogP contribution in [0.15, 0.2) is 18.2 Å². The zero-order valence-corrected chi connectivity index (χ0v) is 12.0. The maximum atomic E-state index is 14.1. The molecular formula is C14H14F2N2OS. The van der Waals surface area contributed by atoms with E-state index in [2.05, 4.69) is 9.97 Å². The fourth-order valence-corrected chi connectivity index (χ4v) is 2.04. The lowest BCUT2D eigenvalue weighted by Crippen LogP contribution is -2.03. The first-order valence-corrected chi connectivity index (χ1v) is 6.56. The van der Waals surface area contributed by atoms with E-state index in [0.29, 0.717) is 18.0 Å². The molecule has 1 N–H and O–H groups in total. The molecule has 106 valence electrons. The van der Waals surface area contributed by atoms with Crippen LogP contribution in [0, 0.1) is 23.2 Å². The minimum Gasteiger partial charge on any atom is -0.374 e. The molecule has 6 heteroatoms. The molecule has 0 aliphatic carbocycles. The standard InChI is InChI=1S/C14H14F2N2OS/c1-3-19-7-11-17-10(6-12(20)18-11)13-9(15)5-4-8(2)14(13)16/h4-6H,3,7H2,1-2H3,(H,17,18,20). The third-order valence-electron chi connectivity index (χ3n) is 2.79. The Morgan fingerprint density at radius 2 is 2.10 bits per heavy atom. The predicted octanol–water partition coefficient (Wildman–Crippen LogP) is 3.93. The van der Waals surface area contributed by atoms with Crippen LogP contribution in [0.5, 0.6) is 0 Å². The smallest absolute Gasteiger partial charge is 0.138 e. The zero-order chi connectivity index (χ0) is 14.7. The summed E-state index contributed by atoms with van der Waals surface area (Å²) in [6, 6.07) is 4.06. The average molecular weight is 296 g/mol. The molecule has 0 unspecified atom stereocenters. The lowest BCUT2D eigenvalue weighted by Gasteiger charge is -2.09. The lowest BCUT2D eigenvalue weighted by atomic mass is 10.1. The van der Waals surface area contributed by atoms with Crippen molar-refractivity contribution in [1.82, 2.24) is 9.97 Å². The molecule has 0 atom stereocenters. The maximum absolute atomic E-state index is 14.1. The van der Waals surface area contributed by atoms with E-state index < -0.39 is 11.6 Å². The topological polar surface area (TPSA) is 37.9 Å². The van der Waals surface area contributed by atoms with Crippen molar-refractivity contribution in [2.45, 2.75) is 20.5 Å². The van der Waals surface area contributed by atoms with Crippen molar-refractivity contribution in [3.05, 3.63) is 45.9 Å². The van der Waals surface area contributed by atoms with E-state index in [4.69, 9.17) is 17.0 Å². The summed E-state index contributed by atoms with van der Waals surface area (Å²) >= 11 is 5.03. The first kappa shape index (κ1) is 14.7. The van der Waals surface area contributed by atoms with E-state index in [1.165, 1.54) is 18.2 Å². The molecule has 20 heavy (non-hydrogen) atoms. The number of benzene rings is 1. The Balaban J connectivity index is 2.55. The van der Waals surface area contributed by atoms with Crippen LogP contribution in [0.2, 0.25) is 0 Å². The summed E-state index contributed by atoms with van der Waals surface area (Å²) in [6.07, 6.45) is 0. The first-order chi connectivity index (χ1) is 9.52. The van der Waals surface area contributed by atoms with E-state index in [1.54, 1.807) is 6.92 Å². The summed E-state index contributed by atoms with van der Waals surface area (Å²) in [5.74, 6) is -0.814. The highest BCUT2D eigenvalue weighted by Crippen LogP contribution is 2.26. The number of aromatic amines is 1. The molecule has 0 amide bonds. The fraction of sp³-hybridized carbons (Fsp3) is 0.286. The molecule has 3 nitrogen and oxygen atoms in total. The number of H-pyrrole nitrogens is 1. The second-order valence-electron chi connectivity index (χ2n) is 4.27. The lowest BCUT2D eigenvalue weighted by molar-refractivity contribution is 0.128. The number of rotatable bonds is 4. The van der Waals surface area contributed by atoms with Gasteiger partial charge in [-0.25, -0.2) is 13.8 Å². The minimum atomic E-state index is -0.646. The molecule has 0 bridgehead atoms. The maximum Gasteiger partial charge on any atom is 0.138 e. The number of hydrogen-bond acceptors (Lipinski definition) is 3. The van der Waals surface area contributed by atoms with E-state index >= 15 is 0 Å². The van der Waals surface area contributed by atoms with Gasteiger partial charge in [0.05, 0.1) is 11.3 Å². The predicted molar refractivity (Wildman–Crippen MR) is 74.8 cm³/mol. The number of aromatic nitrogens is 2. The van der Waals surface area contributed by atoms with E-state index in [0.717, 1.165) is 0 Å². The molecule has 0 saturated heterocycles. The molecule has 0 radical (unpaired) electrons. The highest BCUT2D eigenvalue weighted by molar-refractivity contribution is 7.71. The third kappa shape index (κ3) is 3.08. The molecule has 1 aromatic heterocycles. The molecule has 0 fully saturated rings. The molecule has 0 aliphatic heterocycles. The van der Waals surface area contributed by atoms with Gasteiger partial charge in [0.1, 0.15) is 28.7 Å². The summed E-state index contributed by atoms with van der Waals surface area (Å²) in [6.45, 7) is 4.15. The van der Waals surface area contributed by atoms with Gasteiger partial charge in [0, 0.05) is 6.61 Å². The van der Waals surface area contributed by atoms with Crippen molar-refractivity contribution < 1.29 is 13.5 Å². The summed E-state index contributed by atoms with van der Waals surface area (Å²) in [4.78, 5) is 6.93. The number of nitrogens with zero attached hydrogens (tertiary/aromatic N) is 1. The van der Waals surface area contributed by atoms with Crippen LogP contribution in [0.1, 0.15) is 18.3 Å². The van der Waals surface area contributed by atoms with Crippen LogP contribution in [0.25, 0.3) is 11.3 Å². The molecule has 0 spiro atoms. The molecule has 0 saturated carbocycles. The SMILES string of the molecule is CCOCc1nc(=S)cc(-c2c(F)ccc(C)c2F)[nH]1. The van der Waals surface area contributed by atoms with Gasteiger partial charge in [0.2, 0.25) is 0 Å². The van der Waals surface area contributed by atoms with Gasteiger partial charge in [0.25, 0.3) is 0 Å². The largest absolute Gasteiger partial charge is 0.374 e. The average Bonchev–Trinajstić information content (AvgIpc) is 2.41. The zero-order valence-electron chi connectivity index (χ0n) is 11.2. The van der Waals surface area contributed by atoms with Crippen LogP contribution in [0.4, 0.5) is 8.78 Å². The van der Waals surface area contributed by atoms with Crippen molar-refractivity contribution in [3.63, 3.8) is 0 Å². The Morgan fingerprint density at radius 3 is 2.80 bits per heavy atom. The molecule has 0 aliphatic rings. The van der Waals surface area contributed by atoms with Crippen molar-refractivity contribution in [1.29, 1.82) is 0 Å². The Labute approximate surface area is 120 Å². The number of nitrogens with one attached hydrogen (secondary N) is 1. The van der Waals surface area contributed by atoms with Gasteiger partial charge in [0.15, 0.2) is 0 Å². The van der Waals surface area contributed by atoms with Crippen LogP contribution in [-0.2, 0) is 11.3 Å². The second-order valence-corrected chi connectivity index (χ2v) is 4.69. The van der Waals surface area contributed by atoms with Gasteiger partial charge < -0.3 is 9.72 Å². The summed E-state index contributed by atoms with van der Waals surface area (Å²) in [5, 5.41) is 0. The quantitative estimate of drug-likeness (QED) is 0.869. The van der Waals surface area contributed by atoms with E-state index in [-0.39, 0.29) is 22.5 Å². The van der Waals surface area contributed by atoms with Gasteiger partial charge in [-0.05, 0) is 31.5 Å². The number of aryl methyl sites for hydroxylation is 1. The minimum absolute atomic E-state index is 0.128. The van der Waals surface area contributed by atoms with Gasteiger partial charge in [-0.15, -0.1) is 0 Å². The molecule has 2 aromatic rings. The first-order valence-electron chi connectivity index (χ1n) is 6.16. The van der Waals surface area contributed by atoms with Crippen molar-refractivity contribution in [2.24, 2.45) is 0 Å². The van der Waals surface area contributed by atoms with Crippen LogP contribution in [-0.4, -0.2) is 16.6 Å². The highest BCUT2D eigenvalue weighted by atomic mass is 32.1. The van der Waals surface area contributed by atoms with Crippen LogP contribution < -0.4 is 0 Å². The van der Waals surface area contributed by atoms with Crippen LogP contribution in [0.3, 0.4) is 0 Å². The Kier molecular flexibility index (Phi) is 4.57. The third-order valence-corrected chi connectivity index (χ3v) is 3.00. The molecule has 1 heterocycles. The Hall–Kier alpha value is -1.66. The fourth-order valence-electron chi connectivity index (χ4n) is 1.81. The van der Waals surface area contributed by atoms with Crippen molar-refractivity contribution in [2.75, 3.05) is 6.61 Å². The molecular weight excluding hydrogens is 282 g/mol. The van der Waals surface area contributed by atoms with Gasteiger partial charge in [-0.1, -0.05) is 18.3 Å². The van der Waals surface area contributed by atoms with Gasteiger partial charge >= 0.3 is 0 Å². The van der Waals surface area contributed by atoms with E-state index in [9.17, 15) is 8.78 Å². The van der Waals surface area contributed by atoms with Gasteiger partial charge in [-0.2, -0.15) is 0 Å². The Bertz CT molecular complexity index is 685. The molecule has 2 rings (SSSR count). The van der Waals surface area contributed by atoms with Crippen molar-refractivity contribution in [3.8, 4) is 11.3 Å². The van der Waals surface area contributed by atoms with Gasteiger partial charge in [-0.3, -0.25) is 0 Å². The second kappa shape index (κ2) is 6.19. The normalized spacial score (nSPS) is 10.8. The Morgan fingerprint density at radius 1 is 1.35 bits per heavy atom. The van der Waals surface area contributed by atoms with E-state index in [1.807, 2.05) is 6.92 Å². The summed E-state index contributed by atoms with van der Waals surface area (Å²) in [5.41, 5.74) is 0.499.